The molecule has 7 nitrogen and oxygen atoms in total. The first kappa shape index (κ1) is 13.8. The number of nitro benzene ring substituents is 1. The summed E-state index contributed by atoms with van der Waals surface area (Å²) in [7, 11) is 0. The van der Waals surface area contributed by atoms with Crippen LogP contribution >= 0.6 is 0 Å². The number of benzene rings is 1. The van der Waals surface area contributed by atoms with Gasteiger partial charge in [-0.3, -0.25) is 10.1 Å². The van der Waals surface area contributed by atoms with Gasteiger partial charge >= 0.3 is 5.69 Å². The minimum absolute atomic E-state index is 0.0746. The van der Waals surface area contributed by atoms with Crippen LogP contribution in [0.4, 0.5) is 11.4 Å². The van der Waals surface area contributed by atoms with Crippen molar-refractivity contribution in [1.82, 2.24) is 10.3 Å². The fourth-order valence-electron chi connectivity index (χ4n) is 2.94. The molecule has 112 valence electrons. The van der Waals surface area contributed by atoms with Crippen molar-refractivity contribution in [3.05, 3.63) is 22.2 Å². The molecule has 1 fully saturated rings. The molecule has 0 spiro atoms. The highest BCUT2D eigenvalue weighted by molar-refractivity contribution is 5.93. The lowest BCUT2D eigenvalue weighted by molar-refractivity contribution is -0.383. The summed E-state index contributed by atoms with van der Waals surface area (Å²) in [5.41, 5.74) is 1.33. The lowest BCUT2D eigenvalue weighted by Gasteiger charge is -2.22. The van der Waals surface area contributed by atoms with Crippen molar-refractivity contribution in [1.29, 1.82) is 0 Å². The van der Waals surface area contributed by atoms with Crippen molar-refractivity contribution >= 4 is 22.4 Å². The van der Waals surface area contributed by atoms with Crippen molar-refractivity contribution in [2.75, 3.05) is 5.32 Å². The van der Waals surface area contributed by atoms with Gasteiger partial charge in [-0.05, 0) is 29.2 Å². The number of nitro groups is 1. The number of hydrogen-bond donors (Lipinski definition) is 1. The van der Waals surface area contributed by atoms with Crippen LogP contribution in [-0.2, 0) is 0 Å². The van der Waals surface area contributed by atoms with Crippen LogP contribution in [0.2, 0.25) is 0 Å². The number of rotatable bonds is 3. The van der Waals surface area contributed by atoms with Crippen molar-refractivity contribution in [2.24, 2.45) is 0 Å². The number of non-ortho nitro benzene ring substituents is 1. The smallest absolute Gasteiger partial charge is 0.300 e. The van der Waals surface area contributed by atoms with E-state index < -0.39 is 4.92 Å². The van der Waals surface area contributed by atoms with Crippen molar-refractivity contribution in [3.8, 4) is 0 Å². The number of anilines is 1. The highest BCUT2D eigenvalue weighted by atomic mass is 16.6. The topological polar surface area (TPSA) is 94.1 Å². The van der Waals surface area contributed by atoms with Crippen LogP contribution in [0.15, 0.2) is 16.8 Å². The number of aromatic nitrogens is 2. The molecule has 0 unspecified atom stereocenters. The fraction of sp³-hybridized carbons (Fsp3) is 0.571. The third-order valence-electron chi connectivity index (χ3n) is 4.06. The van der Waals surface area contributed by atoms with Crippen LogP contribution in [0.25, 0.3) is 11.0 Å². The summed E-state index contributed by atoms with van der Waals surface area (Å²) in [6.07, 6.45) is 8.53. The van der Waals surface area contributed by atoms with E-state index in [0.29, 0.717) is 11.6 Å². The predicted octanol–water partition coefficient (Wildman–Crippen LogP) is 3.66. The first-order chi connectivity index (χ1) is 10.3. The summed E-state index contributed by atoms with van der Waals surface area (Å²) < 4.78 is 4.69. The Balaban J connectivity index is 1.85. The largest absolute Gasteiger partial charge is 0.380 e. The van der Waals surface area contributed by atoms with Gasteiger partial charge < -0.3 is 5.32 Å². The summed E-state index contributed by atoms with van der Waals surface area (Å²) >= 11 is 0. The first-order valence-electron chi connectivity index (χ1n) is 7.42. The summed E-state index contributed by atoms with van der Waals surface area (Å²) in [4.78, 5) is 10.5. The van der Waals surface area contributed by atoms with E-state index in [0.717, 1.165) is 18.5 Å². The molecule has 1 aromatic heterocycles. The van der Waals surface area contributed by atoms with Crippen LogP contribution in [0, 0.1) is 10.1 Å². The second-order valence-electron chi connectivity index (χ2n) is 5.54. The van der Waals surface area contributed by atoms with Crippen molar-refractivity contribution in [3.63, 3.8) is 0 Å². The van der Waals surface area contributed by atoms with E-state index in [1.807, 2.05) is 0 Å². The van der Waals surface area contributed by atoms with Crippen LogP contribution in [0.5, 0.6) is 0 Å². The average molecular weight is 290 g/mol. The minimum Gasteiger partial charge on any atom is -0.380 e. The van der Waals surface area contributed by atoms with Crippen LogP contribution in [-0.4, -0.2) is 21.3 Å². The highest BCUT2D eigenvalue weighted by Crippen LogP contribution is 2.30. The Bertz CT molecular complexity index is 632. The number of nitrogens with one attached hydrogen (secondary N) is 1. The number of nitrogens with zero attached hydrogens (tertiary/aromatic N) is 3. The molecule has 1 aromatic carbocycles. The van der Waals surface area contributed by atoms with Crippen LogP contribution in [0.3, 0.4) is 0 Å². The molecule has 0 atom stereocenters. The standard InChI is InChI=1S/C14H18N4O3/c19-18(20)12-9-8-11(13-14(12)17-21-16-13)15-10-6-4-2-1-3-5-7-10/h8-10,15H,1-7H2. The Kier molecular flexibility index (Phi) is 3.98. The van der Waals surface area contributed by atoms with E-state index in [1.165, 1.54) is 38.2 Å². The van der Waals surface area contributed by atoms with Gasteiger partial charge in [0.25, 0.3) is 0 Å². The first-order valence-corrected chi connectivity index (χ1v) is 7.42. The molecular formula is C14H18N4O3. The van der Waals surface area contributed by atoms with Crippen molar-refractivity contribution < 1.29 is 9.55 Å². The second-order valence-corrected chi connectivity index (χ2v) is 5.54. The minimum atomic E-state index is -0.466. The molecule has 3 rings (SSSR count). The molecule has 0 bridgehead atoms. The average Bonchev–Trinajstić information content (AvgIpc) is 2.90. The molecule has 21 heavy (non-hydrogen) atoms. The Labute approximate surface area is 121 Å². The van der Waals surface area contributed by atoms with E-state index in [2.05, 4.69) is 20.3 Å². The molecule has 0 aliphatic heterocycles. The number of fused-ring (bicyclic) bond motifs is 1. The van der Waals surface area contributed by atoms with Gasteiger partial charge in [-0.2, -0.15) is 0 Å². The molecule has 1 N–H and O–H groups in total. The third-order valence-corrected chi connectivity index (χ3v) is 4.06. The van der Waals surface area contributed by atoms with E-state index >= 15 is 0 Å². The maximum Gasteiger partial charge on any atom is 0.300 e. The van der Waals surface area contributed by atoms with E-state index in [-0.39, 0.29) is 11.2 Å². The molecule has 1 saturated carbocycles. The summed E-state index contributed by atoms with van der Waals surface area (Å²) in [5.74, 6) is 0. The van der Waals surface area contributed by atoms with Gasteiger partial charge in [-0.1, -0.05) is 32.1 Å². The summed E-state index contributed by atoms with van der Waals surface area (Å²) in [6, 6.07) is 3.54. The molecule has 1 heterocycles. The molecule has 0 radical (unpaired) electrons. The molecule has 1 aliphatic rings. The Morgan fingerprint density at radius 3 is 2.48 bits per heavy atom. The SMILES string of the molecule is O=[N+]([O-])c1ccc(NC2CCCCCCC2)c2nonc12. The monoisotopic (exact) mass is 290 g/mol. The number of hydrogen-bond acceptors (Lipinski definition) is 6. The van der Waals surface area contributed by atoms with Crippen LogP contribution in [0.1, 0.15) is 44.9 Å². The molecule has 1 aliphatic carbocycles. The zero-order valence-corrected chi connectivity index (χ0v) is 11.7. The van der Waals surface area contributed by atoms with Gasteiger partial charge in [0.05, 0.1) is 10.6 Å². The predicted molar refractivity (Wildman–Crippen MR) is 78.2 cm³/mol. The van der Waals surface area contributed by atoms with Gasteiger partial charge in [-0.25, -0.2) is 4.63 Å². The second kappa shape index (κ2) is 6.07. The molecule has 0 amide bonds. The maximum absolute atomic E-state index is 11.0. The Morgan fingerprint density at radius 1 is 1.10 bits per heavy atom. The van der Waals surface area contributed by atoms with Gasteiger partial charge in [-0.15, -0.1) is 0 Å². The van der Waals surface area contributed by atoms with Gasteiger partial charge in [0, 0.05) is 12.1 Å². The lowest BCUT2D eigenvalue weighted by atomic mass is 9.96. The lowest BCUT2D eigenvalue weighted by Crippen LogP contribution is -2.20. The Morgan fingerprint density at radius 2 is 1.76 bits per heavy atom. The van der Waals surface area contributed by atoms with E-state index in [1.54, 1.807) is 6.07 Å². The molecular weight excluding hydrogens is 272 g/mol. The quantitative estimate of drug-likeness (QED) is 0.684. The summed E-state index contributed by atoms with van der Waals surface area (Å²) in [6.45, 7) is 0. The zero-order valence-electron chi connectivity index (χ0n) is 11.7. The van der Waals surface area contributed by atoms with Crippen LogP contribution < -0.4 is 5.32 Å². The van der Waals surface area contributed by atoms with Crippen molar-refractivity contribution in [2.45, 2.75) is 51.0 Å². The fourth-order valence-corrected chi connectivity index (χ4v) is 2.94. The van der Waals surface area contributed by atoms with Gasteiger partial charge in [0.2, 0.25) is 5.52 Å². The molecule has 0 saturated heterocycles. The third kappa shape index (κ3) is 2.96. The zero-order chi connectivity index (χ0) is 14.7. The molecule has 2 aromatic rings. The normalized spacial score (nSPS) is 17.3. The van der Waals surface area contributed by atoms with E-state index in [4.69, 9.17) is 0 Å². The van der Waals surface area contributed by atoms with Gasteiger partial charge in [0.1, 0.15) is 0 Å². The van der Waals surface area contributed by atoms with E-state index in [9.17, 15) is 10.1 Å². The van der Waals surface area contributed by atoms with Gasteiger partial charge in [0.15, 0.2) is 5.52 Å². The molecule has 7 heteroatoms. The maximum atomic E-state index is 11.0. The highest BCUT2D eigenvalue weighted by Gasteiger charge is 2.21. The summed E-state index contributed by atoms with van der Waals surface area (Å²) in [5, 5.41) is 21.9. The Hall–Kier alpha value is -2.18.